The van der Waals surface area contributed by atoms with Crippen LogP contribution in [-0.2, 0) is 9.53 Å². The number of nitrogens with one attached hydrogen (secondary N) is 1. The van der Waals surface area contributed by atoms with Crippen LogP contribution in [0.5, 0.6) is 0 Å². The highest BCUT2D eigenvalue weighted by Gasteiger charge is 2.18. The molecule has 2 aromatic rings. The summed E-state index contributed by atoms with van der Waals surface area (Å²) in [5.74, 6) is -2.16. The molecule has 0 saturated carbocycles. The fourth-order valence-electron chi connectivity index (χ4n) is 3.18. The maximum atomic E-state index is 13.2. The molecule has 1 aliphatic rings. The maximum absolute atomic E-state index is 13.2. The van der Waals surface area contributed by atoms with E-state index < -0.39 is 11.6 Å². The van der Waals surface area contributed by atoms with Crippen molar-refractivity contribution < 1.29 is 18.3 Å². The van der Waals surface area contributed by atoms with Gasteiger partial charge in [0.15, 0.2) is 11.6 Å². The molecule has 3 rings (SSSR count). The molecule has 1 saturated heterocycles. The van der Waals surface area contributed by atoms with E-state index in [2.05, 4.69) is 29.3 Å². The number of ether oxygens (including phenoxy) is 1. The molecule has 6 heteroatoms. The van der Waals surface area contributed by atoms with Crippen molar-refractivity contribution in [2.75, 3.05) is 24.6 Å². The molecular weight excluding hydrogens is 362 g/mol. The van der Waals surface area contributed by atoms with Gasteiger partial charge in [-0.15, -0.1) is 0 Å². The molecule has 1 fully saturated rings. The lowest BCUT2D eigenvalue weighted by Crippen LogP contribution is -2.41. The molecule has 28 heavy (non-hydrogen) atoms. The van der Waals surface area contributed by atoms with E-state index in [9.17, 15) is 13.6 Å². The summed E-state index contributed by atoms with van der Waals surface area (Å²) in [7, 11) is 0. The number of hydrogen-bond donors (Lipinski definition) is 1. The molecular formula is C22H24F2N2O2. The molecule has 148 valence electrons. The Bertz CT molecular complexity index is 869. The highest BCUT2D eigenvalue weighted by Crippen LogP contribution is 2.22. The van der Waals surface area contributed by atoms with Crippen molar-refractivity contribution in [3.63, 3.8) is 0 Å². The Morgan fingerprint density at radius 3 is 2.82 bits per heavy atom. The summed E-state index contributed by atoms with van der Waals surface area (Å²) >= 11 is 0. The molecule has 0 radical (unpaired) electrons. The van der Waals surface area contributed by atoms with Crippen molar-refractivity contribution >= 4 is 17.7 Å². The summed E-state index contributed by atoms with van der Waals surface area (Å²) in [5, 5.41) is 2.89. The van der Waals surface area contributed by atoms with E-state index in [4.69, 9.17) is 4.74 Å². The molecule has 2 unspecified atom stereocenters. The fraction of sp³-hybridized carbons (Fsp3) is 0.318. The van der Waals surface area contributed by atoms with E-state index in [0.29, 0.717) is 12.2 Å². The smallest absolute Gasteiger partial charge is 0.244 e. The zero-order chi connectivity index (χ0) is 20.1. The van der Waals surface area contributed by atoms with Crippen LogP contribution in [0.15, 0.2) is 48.5 Å². The van der Waals surface area contributed by atoms with Gasteiger partial charge < -0.3 is 15.0 Å². The van der Waals surface area contributed by atoms with Crippen molar-refractivity contribution in [2.45, 2.75) is 26.0 Å². The first-order valence-corrected chi connectivity index (χ1v) is 9.32. The number of nitrogens with zero attached hydrogens (tertiary/aromatic N) is 1. The minimum atomic E-state index is -0.940. The first-order chi connectivity index (χ1) is 13.4. The average Bonchev–Trinajstić information content (AvgIpc) is 2.69. The van der Waals surface area contributed by atoms with Gasteiger partial charge >= 0.3 is 0 Å². The standard InChI is InChI=1S/C22H24F2N2O2/c1-15-14-26(10-11-28-15)19-5-3-4-18(13-19)16(2)25-22(27)9-7-17-6-8-20(23)21(24)12-17/h3-9,12-13,15-16H,10-11,14H2,1-2H3,(H,25,27). The third-order valence-electron chi connectivity index (χ3n) is 4.71. The monoisotopic (exact) mass is 386 g/mol. The molecule has 1 aliphatic heterocycles. The lowest BCUT2D eigenvalue weighted by molar-refractivity contribution is -0.117. The molecule has 0 aliphatic carbocycles. The Balaban J connectivity index is 1.63. The largest absolute Gasteiger partial charge is 0.375 e. The molecule has 4 nitrogen and oxygen atoms in total. The van der Waals surface area contributed by atoms with Gasteiger partial charge in [-0.2, -0.15) is 0 Å². The Kier molecular flexibility index (Phi) is 6.41. The predicted octanol–water partition coefficient (Wildman–Crippen LogP) is 4.08. The predicted molar refractivity (Wildman–Crippen MR) is 106 cm³/mol. The number of anilines is 1. The van der Waals surface area contributed by atoms with Gasteiger partial charge in [-0.05, 0) is 55.3 Å². The number of amides is 1. The van der Waals surface area contributed by atoms with Crippen molar-refractivity contribution in [2.24, 2.45) is 0 Å². The van der Waals surface area contributed by atoms with Gasteiger partial charge in [0.1, 0.15) is 0 Å². The van der Waals surface area contributed by atoms with Gasteiger partial charge in [0, 0.05) is 24.9 Å². The Morgan fingerprint density at radius 1 is 1.25 bits per heavy atom. The van der Waals surface area contributed by atoms with Gasteiger partial charge in [-0.3, -0.25) is 4.79 Å². The Labute approximate surface area is 163 Å². The summed E-state index contributed by atoms with van der Waals surface area (Å²) in [6.45, 7) is 6.33. The van der Waals surface area contributed by atoms with Crippen molar-refractivity contribution in [3.05, 3.63) is 71.3 Å². The van der Waals surface area contributed by atoms with Crippen LogP contribution in [-0.4, -0.2) is 31.7 Å². The summed E-state index contributed by atoms with van der Waals surface area (Å²) in [4.78, 5) is 14.5. The second-order valence-corrected chi connectivity index (χ2v) is 6.96. The van der Waals surface area contributed by atoms with Gasteiger partial charge in [0.2, 0.25) is 5.91 Å². The molecule has 0 bridgehead atoms. The minimum absolute atomic E-state index is 0.191. The van der Waals surface area contributed by atoms with E-state index in [0.717, 1.165) is 36.5 Å². The number of carbonyl (C=O) groups is 1. The first kappa shape index (κ1) is 20.0. The van der Waals surface area contributed by atoms with Crippen LogP contribution in [0.2, 0.25) is 0 Å². The van der Waals surface area contributed by atoms with Crippen LogP contribution in [0, 0.1) is 11.6 Å². The fourth-order valence-corrected chi connectivity index (χ4v) is 3.18. The summed E-state index contributed by atoms with van der Waals surface area (Å²) in [6, 6.07) is 11.4. The normalized spacial score (nSPS) is 18.3. The number of morpholine rings is 1. The Morgan fingerprint density at radius 2 is 2.07 bits per heavy atom. The zero-order valence-corrected chi connectivity index (χ0v) is 16.0. The van der Waals surface area contributed by atoms with Crippen LogP contribution in [0.25, 0.3) is 6.08 Å². The zero-order valence-electron chi connectivity index (χ0n) is 16.0. The van der Waals surface area contributed by atoms with E-state index in [-0.39, 0.29) is 18.1 Å². The SMILES string of the molecule is CC1CN(c2cccc(C(C)NC(=O)C=Cc3ccc(F)c(F)c3)c2)CCO1. The number of carbonyl (C=O) groups excluding carboxylic acids is 1. The first-order valence-electron chi connectivity index (χ1n) is 9.32. The van der Waals surface area contributed by atoms with Crippen LogP contribution < -0.4 is 10.2 Å². The lowest BCUT2D eigenvalue weighted by atomic mass is 10.1. The molecule has 0 aromatic heterocycles. The van der Waals surface area contributed by atoms with E-state index in [1.54, 1.807) is 0 Å². The van der Waals surface area contributed by atoms with E-state index in [1.807, 2.05) is 19.1 Å². The van der Waals surface area contributed by atoms with Gasteiger partial charge in [0.25, 0.3) is 0 Å². The summed E-state index contributed by atoms with van der Waals surface area (Å²) < 4.78 is 31.8. The molecule has 1 N–H and O–H groups in total. The van der Waals surface area contributed by atoms with E-state index >= 15 is 0 Å². The third-order valence-corrected chi connectivity index (χ3v) is 4.71. The van der Waals surface area contributed by atoms with Crippen LogP contribution in [0.3, 0.4) is 0 Å². The maximum Gasteiger partial charge on any atom is 0.244 e. The third kappa shape index (κ3) is 5.16. The van der Waals surface area contributed by atoms with E-state index in [1.165, 1.54) is 18.2 Å². The van der Waals surface area contributed by atoms with Crippen molar-refractivity contribution in [1.82, 2.24) is 5.32 Å². The summed E-state index contributed by atoms with van der Waals surface area (Å²) in [5.41, 5.74) is 2.52. The van der Waals surface area contributed by atoms with Gasteiger partial charge in [-0.25, -0.2) is 8.78 Å². The van der Waals surface area contributed by atoms with Crippen LogP contribution >= 0.6 is 0 Å². The van der Waals surface area contributed by atoms with Crippen LogP contribution in [0.1, 0.15) is 31.0 Å². The van der Waals surface area contributed by atoms with Gasteiger partial charge in [0.05, 0.1) is 18.8 Å². The number of benzene rings is 2. The number of halogens is 2. The topological polar surface area (TPSA) is 41.6 Å². The molecule has 0 spiro atoms. The second-order valence-electron chi connectivity index (χ2n) is 6.96. The average molecular weight is 386 g/mol. The lowest BCUT2D eigenvalue weighted by Gasteiger charge is -2.33. The van der Waals surface area contributed by atoms with Gasteiger partial charge in [-0.1, -0.05) is 18.2 Å². The number of rotatable bonds is 5. The molecule has 1 heterocycles. The van der Waals surface area contributed by atoms with Crippen molar-refractivity contribution in [1.29, 1.82) is 0 Å². The Hall–Kier alpha value is -2.73. The minimum Gasteiger partial charge on any atom is -0.375 e. The molecule has 2 atom stereocenters. The molecule has 2 aromatic carbocycles. The van der Waals surface area contributed by atoms with Crippen LogP contribution in [0.4, 0.5) is 14.5 Å². The summed E-state index contributed by atoms with van der Waals surface area (Å²) in [6.07, 6.45) is 2.96. The quantitative estimate of drug-likeness (QED) is 0.788. The molecule has 1 amide bonds. The highest BCUT2D eigenvalue weighted by atomic mass is 19.2. The highest BCUT2D eigenvalue weighted by molar-refractivity contribution is 5.92. The van der Waals surface area contributed by atoms with Crippen molar-refractivity contribution in [3.8, 4) is 0 Å². The second kappa shape index (κ2) is 8.97. The number of hydrogen-bond acceptors (Lipinski definition) is 3.